The highest BCUT2D eigenvalue weighted by atomic mass is 16.2. The number of amides is 1. The molecule has 116 valence electrons. The van der Waals surface area contributed by atoms with Crippen molar-refractivity contribution in [1.82, 2.24) is 14.8 Å². The smallest absolute Gasteiger partial charge is 0.242 e. The van der Waals surface area contributed by atoms with Crippen molar-refractivity contribution in [2.24, 2.45) is 0 Å². The van der Waals surface area contributed by atoms with Crippen LogP contribution in [0.1, 0.15) is 13.8 Å². The predicted molar refractivity (Wildman–Crippen MR) is 86.8 cm³/mol. The molecular weight excluding hydrogens is 278 g/mol. The van der Waals surface area contributed by atoms with Crippen LogP contribution in [0.15, 0.2) is 41.3 Å². The molecule has 1 N–H and O–H groups in total. The molecule has 0 saturated carbocycles. The Balaban J connectivity index is 1.86. The van der Waals surface area contributed by atoms with Crippen LogP contribution in [0.5, 0.6) is 0 Å². The van der Waals surface area contributed by atoms with E-state index in [1.165, 1.54) is 6.07 Å². The fourth-order valence-corrected chi connectivity index (χ4v) is 3.17. The van der Waals surface area contributed by atoms with Crippen molar-refractivity contribution in [3.8, 4) is 0 Å². The number of nitrogens with one attached hydrogen (secondary N) is 1. The van der Waals surface area contributed by atoms with Gasteiger partial charge in [0.15, 0.2) is 5.43 Å². The number of hydrogen-bond donors (Lipinski definition) is 1. The van der Waals surface area contributed by atoms with E-state index in [9.17, 15) is 9.59 Å². The lowest BCUT2D eigenvalue weighted by Gasteiger charge is -2.36. The summed E-state index contributed by atoms with van der Waals surface area (Å²) in [5.74, 6) is 0.0917. The highest BCUT2D eigenvalue weighted by Crippen LogP contribution is 2.11. The summed E-state index contributed by atoms with van der Waals surface area (Å²) < 4.78 is 1.86. The summed E-state index contributed by atoms with van der Waals surface area (Å²) in [5.41, 5.74) is 0.795. The number of pyridine rings is 1. The van der Waals surface area contributed by atoms with Gasteiger partial charge < -0.3 is 14.8 Å². The summed E-state index contributed by atoms with van der Waals surface area (Å²) in [7, 11) is 0. The maximum absolute atomic E-state index is 12.6. The molecule has 2 aromatic rings. The van der Waals surface area contributed by atoms with E-state index in [0.29, 0.717) is 17.5 Å². The van der Waals surface area contributed by atoms with Crippen LogP contribution in [0.25, 0.3) is 10.9 Å². The Hall–Kier alpha value is -2.14. The molecule has 0 bridgehead atoms. The number of piperazine rings is 1. The van der Waals surface area contributed by atoms with Crippen molar-refractivity contribution >= 4 is 16.8 Å². The second-order valence-corrected chi connectivity index (χ2v) is 6.09. The molecule has 1 aromatic carbocycles. The molecule has 1 saturated heterocycles. The summed E-state index contributed by atoms with van der Waals surface area (Å²) in [6, 6.07) is 9.55. The summed E-state index contributed by atoms with van der Waals surface area (Å²) in [6.07, 6.45) is 1.71. The van der Waals surface area contributed by atoms with E-state index in [2.05, 4.69) is 19.2 Å². The molecule has 2 atom stereocenters. The summed E-state index contributed by atoms with van der Waals surface area (Å²) in [6.45, 7) is 5.89. The minimum absolute atomic E-state index is 0.0104. The van der Waals surface area contributed by atoms with Gasteiger partial charge in [-0.15, -0.1) is 0 Å². The van der Waals surface area contributed by atoms with Gasteiger partial charge in [0.2, 0.25) is 5.91 Å². The minimum atomic E-state index is -0.0104. The van der Waals surface area contributed by atoms with Gasteiger partial charge in [-0.05, 0) is 26.0 Å². The highest BCUT2D eigenvalue weighted by molar-refractivity contribution is 5.82. The van der Waals surface area contributed by atoms with Crippen molar-refractivity contribution in [2.45, 2.75) is 32.5 Å². The molecule has 2 heterocycles. The summed E-state index contributed by atoms with van der Waals surface area (Å²) >= 11 is 0. The molecule has 0 unspecified atom stereocenters. The molecule has 3 rings (SSSR count). The zero-order valence-electron chi connectivity index (χ0n) is 13.0. The monoisotopic (exact) mass is 299 g/mol. The van der Waals surface area contributed by atoms with Crippen molar-refractivity contribution in [1.29, 1.82) is 0 Å². The van der Waals surface area contributed by atoms with E-state index in [0.717, 1.165) is 18.6 Å². The Labute approximate surface area is 129 Å². The standard InChI is InChI=1S/C17H21N3O2/c1-12-9-20(10-13(2)18-12)17(22)11-19-8-7-16(21)14-5-3-4-6-15(14)19/h3-8,12-13,18H,9-11H2,1-2H3/t12-,13-/m1/s1. The van der Waals surface area contributed by atoms with E-state index in [-0.39, 0.29) is 17.9 Å². The molecule has 1 aliphatic heterocycles. The van der Waals surface area contributed by atoms with Gasteiger partial charge in [-0.25, -0.2) is 0 Å². The maximum atomic E-state index is 12.6. The predicted octanol–water partition coefficient (Wildman–Crippen LogP) is 1.21. The van der Waals surface area contributed by atoms with Gasteiger partial charge in [0.05, 0.1) is 5.52 Å². The normalized spacial score (nSPS) is 22.0. The molecule has 5 heteroatoms. The van der Waals surface area contributed by atoms with Crippen LogP contribution in [-0.2, 0) is 11.3 Å². The number of hydrogen-bond acceptors (Lipinski definition) is 3. The van der Waals surface area contributed by atoms with Crippen molar-refractivity contribution in [3.05, 3.63) is 46.8 Å². The number of rotatable bonds is 2. The fourth-order valence-electron chi connectivity index (χ4n) is 3.17. The lowest BCUT2D eigenvalue weighted by molar-refractivity contribution is -0.133. The third kappa shape index (κ3) is 2.90. The molecule has 1 aliphatic rings. The van der Waals surface area contributed by atoms with Crippen LogP contribution in [0.3, 0.4) is 0 Å². The summed E-state index contributed by atoms with van der Waals surface area (Å²) in [4.78, 5) is 26.4. The fraction of sp³-hybridized carbons (Fsp3) is 0.412. The maximum Gasteiger partial charge on any atom is 0.242 e. The van der Waals surface area contributed by atoms with E-state index in [4.69, 9.17) is 0 Å². The third-order valence-electron chi connectivity index (χ3n) is 4.10. The van der Waals surface area contributed by atoms with Crippen LogP contribution in [0, 0.1) is 0 Å². The number of nitrogens with zero attached hydrogens (tertiary/aromatic N) is 2. The van der Waals surface area contributed by atoms with Crippen molar-refractivity contribution in [3.63, 3.8) is 0 Å². The second-order valence-electron chi connectivity index (χ2n) is 6.09. The van der Waals surface area contributed by atoms with Gasteiger partial charge in [-0.1, -0.05) is 12.1 Å². The topological polar surface area (TPSA) is 54.3 Å². The van der Waals surface area contributed by atoms with Gasteiger partial charge in [-0.3, -0.25) is 9.59 Å². The van der Waals surface area contributed by atoms with E-state index in [1.54, 1.807) is 12.3 Å². The lowest BCUT2D eigenvalue weighted by Crippen LogP contribution is -2.56. The average Bonchev–Trinajstić information content (AvgIpc) is 2.49. The zero-order valence-corrected chi connectivity index (χ0v) is 13.0. The van der Waals surface area contributed by atoms with Gasteiger partial charge >= 0.3 is 0 Å². The number of carbonyl (C=O) groups is 1. The minimum Gasteiger partial charge on any atom is -0.338 e. The van der Waals surface area contributed by atoms with Crippen LogP contribution < -0.4 is 10.7 Å². The van der Waals surface area contributed by atoms with E-state index >= 15 is 0 Å². The lowest BCUT2D eigenvalue weighted by atomic mass is 10.1. The first-order chi connectivity index (χ1) is 10.5. The number of aromatic nitrogens is 1. The third-order valence-corrected chi connectivity index (χ3v) is 4.10. The molecule has 0 aliphatic carbocycles. The Morgan fingerprint density at radius 1 is 1.18 bits per heavy atom. The molecule has 22 heavy (non-hydrogen) atoms. The number of benzene rings is 1. The first-order valence-corrected chi connectivity index (χ1v) is 7.66. The van der Waals surface area contributed by atoms with Gasteiger partial charge in [0.1, 0.15) is 6.54 Å². The molecular formula is C17H21N3O2. The van der Waals surface area contributed by atoms with E-state index in [1.807, 2.05) is 27.7 Å². The largest absolute Gasteiger partial charge is 0.338 e. The SMILES string of the molecule is C[C@@H]1CN(C(=O)Cn2ccc(=O)c3ccccc32)C[C@@H](C)N1. The van der Waals surface area contributed by atoms with Crippen LogP contribution in [0.4, 0.5) is 0 Å². The average molecular weight is 299 g/mol. The molecule has 0 radical (unpaired) electrons. The van der Waals surface area contributed by atoms with Gasteiger partial charge in [0, 0.05) is 42.8 Å². The number of carbonyl (C=O) groups excluding carboxylic acids is 1. The summed E-state index contributed by atoms with van der Waals surface area (Å²) in [5, 5.41) is 4.08. The molecule has 1 amide bonds. The van der Waals surface area contributed by atoms with Crippen molar-refractivity contribution in [2.75, 3.05) is 13.1 Å². The number of fused-ring (bicyclic) bond motifs is 1. The van der Waals surface area contributed by atoms with Gasteiger partial charge in [0.25, 0.3) is 0 Å². The van der Waals surface area contributed by atoms with E-state index < -0.39 is 0 Å². The first-order valence-electron chi connectivity index (χ1n) is 7.66. The van der Waals surface area contributed by atoms with Crippen LogP contribution in [-0.4, -0.2) is 40.5 Å². The highest BCUT2D eigenvalue weighted by Gasteiger charge is 2.24. The van der Waals surface area contributed by atoms with Gasteiger partial charge in [-0.2, -0.15) is 0 Å². The molecule has 5 nitrogen and oxygen atoms in total. The van der Waals surface area contributed by atoms with Crippen molar-refractivity contribution < 1.29 is 4.79 Å². The Morgan fingerprint density at radius 3 is 2.59 bits per heavy atom. The molecule has 0 spiro atoms. The molecule has 1 fully saturated rings. The first kappa shape index (κ1) is 14.8. The van der Waals surface area contributed by atoms with Crippen LogP contribution in [0.2, 0.25) is 0 Å². The Kier molecular flexibility index (Phi) is 3.98. The second kappa shape index (κ2) is 5.93. The molecule has 1 aromatic heterocycles. The quantitative estimate of drug-likeness (QED) is 0.907. The Bertz CT molecular complexity index is 743. The zero-order chi connectivity index (χ0) is 15.7. The van der Waals surface area contributed by atoms with Crippen LogP contribution >= 0.6 is 0 Å². The number of para-hydroxylation sites is 1. The Morgan fingerprint density at radius 2 is 1.86 bits per heavy atom.